The topological polar surface area (TPSA) is 46.9 Å². The summed E-state index contributed by atoms with van der Waals surface area (Å²) in [6.07, 6.45) is 0. The summed E-state index contributed by atoms with van der Waals surface area (Å²) in [7, 11) is 4.21. The number of phenols is 2. The van der Waals surface area contributed by atoms with Gasteiger partial charge in [-0.3, -0.25) is 4.90 Å². The van der Waals surface area contributed by atoms with Crippen LogP contribution in [0.15, 0.2) is 24.3 Å². The van der Waals surface area contributed by atoms with Gasteiger partial charge in [-0.1, -0.05) is 65.8 Å². The lowest BCUT2D eigenvalue weighted by molar-refractivity contribution is 0.226. The zero-order valence-electron chi connectivity index (χ0n) is 21.7. The highest BCUT2D eigenvalue weighted by Gasteiger charge is 2.18. The summed E-state index contributed by atoms with van der Waals surface area (Å²) in [6, 6.07) is 8.62. The maximum Gasteiger partial charge on any atom is 0.122 e. The fraction of sp³-hybridized carbons (Fsp3) is 0.571. The molecular formula is C28H44N2O2. The second-order valence-electron chi connectivity index (χ2n) is 10.5. The monoisotopic (exact) mass is 440 g/mol. The van der Waals surface area contributed by atoms with Gasteiger partial charge in [-0.25, -0.2) is 0 Å². The van der Waals surface area contributed by atoms with E-state index in [-0.39, 0.29) is 17.8 Å². The van der Waals surface area contributed by atoms with Crippen molar-refractivity contribution < 1.29 is 10.2 Å². The number of aryl methyl sites for hydroxylation is 1. The molecule has 0 aliphatic carbocycles. The molecule has 0 saturated carbocycles. The molecule has 0 aromatic heterocycles. The second-order valence-corrected chi connectivity index (χ2v) is 10.5. The number of rotatable bonds is 10. The molecule has 2 aromatic carbocycles. The molecule has 32 heavy (non-hydrogen) atoms. The van der Waals surface area contributed by atoms with Crippen molar-refractivity contribution in [2.45, 2.75) is 79.3 Å². The number of hydrogen-bond acceptors (Lipinski definition) is 4. The summed E-state index contributed by atoms with van der Waals surface area (Å²) in [4.78, 5) is 4.68. The molecule has 0 saturated heterocycles. The minimum absolute atomic E-state index is 0.274. The summed E-state index contributed by atoms with van der Waals surface area (Å²) in [5.41, 5.74) is 6.49. The van der Waals surface area contributed by atoms with Gasteiger partial charge in [-0.2, -0.15) is 0 Å². The van der Waals surface area contributed by atoms with Crippen LogP contribution in [0.1, 0.15) is 92.7 Å². The highest BCUT2D eigenvalue weighted by atomic mass is 16.3. The van der Waals surface area contributed by atoms with Gasteiger partial charge in [0.1, 0.15) is 11.5 Å². The minimum atomic E-state index is 0.274. The highest BCUT2D eigenvalue weighted by molar-refractivity contribution is 5.47. The maximum absolute atomic E-state index is 10.8. The molecule has 178 valence electrons. The molecule has 2 N–H and O–H groups in total. The average Bonchev–Trinajstić information content (AvgIpc) is 2.69. The first kappa shape index (κ1) is 26.2. The number of aromatic hydroxyl groups is 2. The number of phenolic OH excluding ortho intramolecular Hbond substituents is 2. The van der Waals surface area contributed by atoms with Crippen LogP contribution in [0.5, 0.6) is 11.5 Å². The zero-order valence-corrected chi connectivity index (χ0v) is 21.7. The van der Waals surface area contributed by atoms with E-state index in [9.17, 15) is 10.2 Å². The molecule has 4 heteroatoms. The van der Waals surface area contributed by atoms with Crippen LogP contribution < -0.4 is 0 Å². The van der Waals surface area contributed by atoms with Crippen LogP contribution >= 0.6 is 0 Å². The van der Waals surface area contributed by atoms with E-state index in [0.717, 1.165) is 48.4 Å². The third-order valence-electron chi connectivity index (χ3n) is 6.16. The number of benzene rings is 2. The molecule has 0 unspecified atom stereocenters. The maximum atomic E-state index is 10.8. The van der Waals surface area contributed by atoms with Gasteiger partial charge in [-0.05, 0) is 72.2 Å². The van der Waals surface area contributed by atoms with Crippen molar-refractivity contribution in [3.8, 4) is 11.5 Å². The Balaban J connectivity index is 2.41. The smallest absolute Gasteiger partial charge is 0.122 e. The van der Waals surface area contributed by atoms with Gasteiger partial charge >= 0.3 is 0 Å². The lowest BCUT2D eigenvalue weighted by Crippen LogP contribution is -2.31. The van der Waals surface area contributed by atoms with Gasteiger partial charge < -0.3 is 15.1 Å². The third-order valence-corrected chi connectivity index (χ3v) is 6.16. The Morgan fingerprint density at radius 1 is 0.656 bits per heavy atom. The van der Waals surface area contributed by atoms with Crippen LogP contribution in [0.4, 0.5) is 0 Å². The van der Waals surface area contributed by atoms with Gasteiger partial charge in [0.2, 0.25) is 0 Å². The fourth-order valence-electron chi connectivity index (χ4n) is 4.20. The first-order valence-corrected chi connectivity index (χ1v) is 12.0. The van der Waals surface area contributed by atoms with Crippen LogP contribution in [0.25, 0.3) is 0 Å². The number of likely N-dealkylation sites (N-methyl/N-ethyl adjacent to an activating group) is 1. The first-order chi connectivity index (χ1) is 14.9. The van der Waals surface area contributed by atoms with Crippen molar-refractivity contribution in [2.75, 3.05) is 27.2 Å². The summed E-state index contributed by atoms with van der Waals surface area (Å²) >= 11 is 0. The van der Waals surface area contributed by atoms with Gasteiger partial charge in [-0.15, -0.1) is 0 Å². The van der Waals surface area contributed by atoms with Gasteiger partial charge in [0.15, 0.2) is 0 Å². The predicted molar refractivity (Wildman–Crippen MR) is 136 cm³/mol. The van der Waals surface area contributed by atoms with Crippen molar-refractivity contribution in [3.05, 3.63) is 57.6 Å². The van der Waals surface area contributed by atoms with Gasteiger partial charge in [0.05, 0.1) is 0 Å². The van der Waals surface area contributed by atoms with Gasteiger partial charge in [0.25, 0.3) is 0 Å². The minimum Gasteiger partial charge on any atom is -0.507 e. The molecule has 4 nitrogen and oxygen atoms in total. The molecule has 0 atom stereocenters. The molecular weight excluding hydrogens is 396 g/mol. The Bertz CT molecular complexity index is 872. The van der Waals surface area contributed by atoms with Gasteiger partial charge in [0, 0.05) is 26.2 Å². The van der Waals surface area contributed by atoms with E-state index in [1.54, 1.807) is 0 Å². The summed E-state index contributed by atoms with van der Waals surface area (Å²) in [5.74, 6) is 1.70. The van der Waals surface area contributed by atoms with Crippen molar-refractivity contribution in [3.63, 3.8) is 0 Å². The second kappa shape index (κ2) is 11.2. The molecule has 0 aliphatic heterocycles. The van der Waals surface area contributed by atoms with Crippen molar-refractivity contribution in [1.82, 2.24) is 9.80 Å². The van der Waals surface area contributed by atoms with Crippen LogP contribution in [-0.2, 0) is 13.1 Å². The van der Waals surface area contributed by atoms with E-state index in [1.807, 2.05) is 6.92 Å². The van der Waals surface area contributed by atoms with Crippen LogP contribution in [0, 0.1) is 6.92 Å². The fourth-order valence-corrected chi connectivity index (χ4v) is 4.20. The average molecular weight is 441 g/mol. The molecule has 0 radical (unpaired) electrons. The summed E-state index contributed by atoms with van der Waals surface area (Å²) < 4.78 is 0. The lowest BCUT2D eigenvalue weighted by atomic mass is 9.91. The van der Waals surface area contributed by atoms with E-state index < -0.39 is 0 Å². The Morgan fingerprint density at radius 3 is 1.47 bits per heavy atom. The van der Waals surface area contributed by atoms with E-state index in [1.165, 1.54) is 11.1 Å². The summed E-state index contributed by atoms with van der Waals surface area (Å²) in [5, 5.41) is 21.3. The molecule has 0 bridgehead atoms. The first-order valence-electron chi connectivity index (χ1n) is 12.0. The van der Waals surface area contributed by atoms with Crippen molar-refractivity contribution in [2.24, 2.45) is 0 Å². The third kappa shape index (κ3) is 6.73. The van der Waals surface area contributed by atoms with E-state index in [4.69, 9.17) is 0 Å². The van der Waals surface area contributed by atoms with E-state index >= 15 is 0 Å². The Hall–Kier alpha value is -2.04. The van der Waals surface area contributed by atoms with E-state index in [0.29, 0.717) is 11.5 Å². The quantitative estimate of drug-likeness (QED) is 0.452. The molecule has 2 rings (SSSR count). The zero-order chi connectivity index (χ0) is 24.2. The van der Waals surface area contributed by atoms with E-state index in [2.05, 4.69) is 89.7 Å². The SMILES string of the molecule is Cc1cc(CN(CCN(C)C)Cc2cc(C(C)C)c(O)c(C(C)C)c2)cc(C(C)C)c1O. The molecule has 0 amide bonds. The van der Waals surface area contributed by atoms with Crippen molar-refractivity contribution in [1.29, 1.82) is 0 Å². The Labute approximate surface area is 195 Å². The molecule has 0 aliphatic rings. The predicted octanol–water partition coefficient (Wildman–Crippen LogP) is 6.34. The van der Waals surface area contributed by atoms with Crippen LogP contribution in [0.2, 0.25) is 0 Å². The normalized spacial score (nSPS) is 12.2. The molecule has 0 fully saturated rings. The standard InChI is InChI=1S/C28H44N2O2/c1-18(2)24-13-22(12-21(7)27(24)31)16-30(11-10-29(8)9)17-23-14-25(19(3)4)28(32)26(15-23)20(5)6/h12-15,18-20,31-32H,10-11,16-17H2,1-9H3. The van der Waals surface area contributed by atoms with Crippen LogP contribution in [-0.4, -0.2) is 47.2 Å². The molecule has 0 heterocycles. The Morgan fingerprint density at radius 2 is 1.06 bits per heavy atom. The van der Waals surface area contributed by atoms with Crippen molar-refractivity contribution >= 4 is 0 Å². The number of hydrogen-bond donors (Lipinski definition) is 2. The number of nitrogens with zero attached hydrogens (tertiary/aromatic N) is 2. The highest BCUT2D eigenvalue weighted by Crippen LogP contribution is 2.35. The molecule has 2 aromatic rings. The summed E-state index contributed by atoms with van der Waals surface area (Å²) in [6.45, 7) is 18.3. The molecule has 0 spiro atoms. The van der Waals surface area contributed by atoms with Crippen LogP contribution in [0.3, 0.4) is 0 Å². The lowest BCUT2D eigenvalue weighted by Gasteiger charge is -2.26. The largest absolute Gasteiger partial charge is 0.507 e. The Kier molecular flexibility index (Phi) is 9.18.